The van der Waals surface area contributed by atoms with Crippen molar-refractivity contribution in [3.05, 3.63) is 137 Å². The Morgan fingerprint density at radius 3 is 2.22 bits per heavy atom. The van der Waals surface area contributed by atoms with Gasteiger partial charge < -0.3 is 10.6 Å². The molecule has 2 heterocycles. The zero-order valence-electron chi connectivity index (χ0n) is 20.2. The summed E-state index contributed by atoms with van der Waals surface area (Å²) in [5.74, 6) is -0.412. The molecule has 0 atom stereocenters. The molecular formula is C30H27N5O2. The Labute approximate surface area is 215 Å². The predicted octanol–water partition coefficient (Wildman–Crippen LogP) is 3.86. The minimum Gasteiger partial charge on any atom is -0.352 e. The number of nitrogens with zero attached hydrogens (tertiary/aromatic N) is 2. The van der Waals surface area contributed by atoms with E-state index in [1.807, 2.05) is 84.9 Å². The molecule has 0 spiro atoms. The summed E-state index contributed by atoms with van der Waals surface area (Å²) in [4.78, 5) is 32.4. The van der Waals surface area contributed by atoms with Gasteiger partial charge in [0, 0.05) is 30.4 Å². The third-order valence-corrected chi connectivity index (χ3v) is 6.48. The van der Waals surface area contributed by atoms with Crippen LogP contribution in [0.25, 0.3) is 0 Å². The van der Waals surface area contributed by atoms with Crippen LogP contribution in [-0.2, 0) is 23.3 Å². The fraction of sp³-hybridized carbons (Fsp3) is 0.133. The van der Waals surface area contributed by atoms with Crippen LogP contribution < -0.4 is 10.6 Å². The van der Waals surface area contributed by atoms with Gasteiger partial charge in [0.05, 0.1) is 6.54 Å². The molecular weight excluding hydrogens is 462 g/mol. The number of hydrogen-bond acceptors (Lipinski definition) is 4. The van der Waals surface area contributed by atoms with Crippen molar-refractivity contribution in [3.8, 4) is 0 Å². The number of amides is 2. The summed E-state index contributed by atoms with van der Waals surface area (Å²) in [6.45, 7) is 0.636. The van der Waals surface area contributed by atoms with Gasteiger partial charge in [-0.25, -0.2) is 0 Å². The molecule has 184 valence electrons. The maximum atomic E-state index is 14.0. The number of guanidine groups is 1. The van der Waals surface area contributed by atoms with E-state index in [1.54, 1.807) is 24.4 Å². The van der Waals surface area contributed by atoms with Gasteiger partial charge in [-0.05, 0) is 41.0 Å². The number of pyridine rings is 1. The van der Waals surface area contributed by atoms with E-state index < -0.39 is 5.54 Å². The smallest absolute Gasteiger partial charge is 0.264 e. The first-order chi connectivity index (χ1) is 18.1. The van der Waals surface area contributed by atoms with Crippen LogP contribution in [0.3, 0.4) is 0 Å². The zero-order valence-corrected chi connectivity index (χ0v) is 20.2. The molecule has 37 heavy (non-hydrogen) atoms. The number of nitrogens with one attached hydrogen (secondary N) is 3. The number of aromatic nitrogens is 1. The quantitative estimate of drug-likeness (QED) is 0.350. The van der Waals surface area contributed by atoms with Crippen LogP contribution in [0.15, 0.2) is 109 Å². The summed E-state index contributed by atoms with van der Waals surface area (Å²) in [7, 11) is 0. The van der Waals surface area contributed by atoms with Crippen LogP contribution in [0.2, 0.25) is 0 Å². The SMILES string of the molecule is N=C1NC(c2ccccc2)(c2ccccc2)C(=O)N1Cc1cccc(C(=O)NCCc2ccccn2)c1. The lowest BCUT2D eigenvalue weighted by Crippen LogP contribution is -2.45. The van der Waals surface area contributed by atoms with Crippen LogP contribution in [0.1, 0.15) is 32.7 Å². The first-order valence-corrected chi connectivity index (χ1v) is 12.1. The van der Waals surface area contributed by atoms with Crippen LogP contribution in [0, 0.1) is 5.41 Å². The van der Waals surface area contributed by atoms with E-state index in [0.717, 1.165) is 22.4 Å². The van der Waals surface area contributed by atoms with E-state index in [9.17, 15) is 9.59 Å². The molecule has 1 aliphatic heterocycles. The molecule has 0 aliphatic carbocycles. The number of hydrogen-bond donors (Lipinski definition) is 3. The molecule has 0 radical (unpaired) electrons. The molecule has 0 saturated carbocycles. The Balaban J connectivity index is 1.34. The fourth-order valence-corrected chi connectivity index (χ4v) is 4.63. The second-order valence-electron chi connectivity index (χ2n) is 8.87. The topological polar surface area (TPSA) is 98.2 Å². The normalized spacial score (nSPS) is 14.3. The van der Waals surface area contributed by atoms with Gasteiger partial charge in [0.2, 0.25) is 0 Å². The average molecular weight is 490 g/mol. The largest absolute Gasteiger partial charge is 0.352 e. The number of carbonyl (C=O) groups is 2. The highest BCUT2D eigenvalue weighted by atomic mass is 16.2. The molecule has 3 aromatic carbocycles. The lowest BCUT2D eigenvalue weighted by Gasteiger charge is -2.28. The maximum Gasteiger partial charge on any atom is 0.264 e. The van der Waals surface area contributed by atoms with Gasteiger partial charge in [-0.15, -0.1) is 0 Å². The lowest BCUT2D eigenvalue weighted by molar-refractivity contribution is -0.130. The fourth-order valence-electron chi connectivity index (χ4n) is 4.63. The lowest BCUT2D eigenvalue weighted by atomic mass is 9.82. The number of carbonyl (C=O) groups excluding carboxylic acids is 2. The first-order valence-electron chi connectivity index (χ1n) is 12.1. The van der Waals surface area contributed by atoms with E-state index in [-0.39, 0.29) is 24.3 Å². The Hall–Kier alpha value is -4.78. The van der Waals surface area contributed by atoms with E-state index in [2.05, 4.69) is 15.6 Å². The van der Waals surface area contributed by atoms with Crippen LogP contribution in [-0.4, -0.2) is 34.2 Å². The van der Waals surface area contributed by atoms with Crippen molar-refractivity contribution < 1.29 is 9.59 Å². The predicted molar refractivity (Wildman–Crippen MR) is 142 cm³/mol. The van der Waals surface area contributed by atoms with Crippen molar-refractivity contribution in [2.24, 2.45) is 0 Å². The first kappa shape index (κ1) is 23.9. The Morgan fingerprint density at radius 1 is 0.892 bits per heavy atom. The molecule has 7 nitrogen and oxygen atoms in total. The molecule has 1 fully saturated rings. The summed E-state index contributed by atoms with van der Waals surface area (Å²) in [6.07, 6.45) is 2.37. The second-order valence-corrected chi connectivity index (χ2v) is 8.87. The monoisotopic (exact) mass is 489 g/mol. The third kappa shape index (κ3) is 4.84. The van der Waals surface area contributed by atoms with Crippen molar-refractivity contribution >= 4 is 17.8 Å². The van der Waals surface area contributed by atoms with Gasteiger partial charge in [-0.2, -0.15) is 0 Å². The standard InChI is InChI=1S/C30H27N5O2/c31-29-34-30(24-12-3-1-4-13-24,25-14-5-2-6-15-25)28(37)35(29)21-22-10-9-11-23(20-22)27(36)33-19-17-26-16-7-8-18-32-26/h1-16,18,20H,17,19,21H2,(H2,31,34)(H,33,36). The van der Waals surface area contributed by atoms with E-state index >= 15 is 0 Å². The summed E-state index contributed by atoms with van der Waals surface area (Å²) in [5, 5.41) is 14.8. The zero-order chi connectivity index (χ0) is 25.7. The van der Waals surface area contributed by atoms with E-state index in [1.165, 1.54) is 4.90 Å². The Bertz CT molecular complexity index is 1370. The van der Waals surface area contributed by atoms with Crippen molar-refractivity contribution in [2.45, 2.75) is 18.5 Å². The molecule has 1 aliphatic rings. The van der Waals surface area contributed by atoms with Crippen molar-refractivity contribution in [1.82, 2.24) is 20.5 Å². The summed E-state index contributed by atoms with van der Waals surface area (Å²) < 4.78 is 0. The molecule has 7 heteroatoms. The molecule has 5 rings (SSSR count). The van der Waals surface area contributed by atoms with Crippen molar-refractivity contribution in [1.29, 1.82) is 5.41 Å². The maximum absolute atomic E-state index is 14.0. The molecule has 2 amide bonds. The van der Waals surface area contributed by atoms with Gasteiger partial charge in [-0.1, -0.05) is 78.9 Å². The molecule has 1 aromatic heterocycles. The molecule has 3 N–H and O–H groups in total. The number of benzene rings is 3. The second kappa shape index (κ2) is 10.5. The van der Waals surface area contributed by atoms with Crippen LogP contribution in [0.4, 0.5) is 0 Å². The van der Waals surface area contributed by atoms with Gasteiger partial charge in [0.15, 0.2) is 11.5 Å². The van der Waals surface area contributed by atoms with Crippen LogP contribution in [0.5, 0.6) is 0 Å². The van der Waals surface area contributed by atoms with Gasteiger partial charge >= 0.3 is 0 Å². The Morgan fingerprint density at radius 2 is 1.57 bits per heavy atom. The average Bonchev–Trinajstić information content (AvgIpc) is 3.20. The summed E-state index contributed by atoms with van der Waals surface area (Å²) >= 11 is 0. The van der Waals surface area contributed by atoms with E-state index in [4.69, 9.17) is 5.41 Å². The minimum atomic E-state index is -1.19. The van der Waals surface area contributed by atoms with Gasteiger partial charge in [0.25, 0.3) is 11.8 Å². The minimum absolute atomic E-state index is 0.0166. The Kier molecular flexibility index (Phi) is 6.76. The van der Waals surface area contributed by atoms with Gasteiger partial charge in [0.1, 0.15) is 0 Å². The third-order valence-electron chi connectivity index (χ3n) is 6.48. The summed E-state index contributed by atoms with van der Waals surface area (Å²) in [5.41, 5.74) is 2.51. The highest BCUT2D eigenvalue weighted by Crippen LogP contribution is 2.36. The highest BCUT2D eigenvalue weighted by molar-refractivity contribution is 6.10. The van der Waals surface area contributed by atoms with Crippen molar-refractivity contribution in [2.75, 3.05) is 6.54 Å². The molecule has 0 bridgehead atoms. The van der Waals surface area contributed by atoms with Crippen molar-refractivity contribution in [3.63, 3.8) is 0 Å². The highest BCUT2D eigenvalue weighted by Gasteiger charge is 2.52. The molecule has 1 saturated heterocycles. The van der Waals surface area contributed by atoms with Gasteiger partial charge in [-0.3, -0.25) is 24.9 Å². The summed E-state index contributed by atoms with van der Waals surface area (Å²) in [6, 6.07) is 31.8. The molecule has 0 unspecified atom stereocenters. The van der Waals surface area contributed by atoms with E-state index in [0.29, 0.717) is 18.5 Å². The molecule has 4 aromatic rings. The number of rotatable bonds is 8. The van der Waals surface area contributed by atoms with Crippen LogP contribution >= 0.6 is 0 Å².